The maximum Gasteiger partial charge on any atom is 0.325 e. The van der Waals surface area contributed by atoms with Gasteiger partial charge in [0.1, 0.15) is 6.54 Å². The molecule has 0 aliphatic heterocycles. The monoisotopic (exact) mass is 380 g/mol. The van der Waals surface area contributed by atoms with Crippen LogP contribution in [0.2, 0.25) is 5.02 Å². The normalized spacial score (nSPS) is 10.1. The Morgan fingerprint density at radius 3 is 2.52 bits per heavy atom. The number of nitrogens with one attached hydrogen (secondary N) is 2. The standard InChI is InChI=1S/C17H17ClN2O4S/c18-13-5-3-12(4-6-13)7-8-19-15(21)11-24-16(22)10-20-17(23)14-2-1-9-25-14/h1-6,9H,7-8,10-11H2,(H,19,21)(H,20,23). The minimum atomic E-state index is -0.669. The number of thiophene rings is 1. The molecule has 25 heavy (non-hydrogen) atoms. The molecule has 0 spiro atoms. The Hall–Kier alpha value is -2.38. The second kappa shape index (κ2) is 9.80. The predicted octanol–water partition coefficient (Wildman–Crippen LogP) is 2.03. The molecule has 0 saturated carbocycles. The van der Waals surface area contributed by atoms with E-state index in [9.17, 15) is 14.4 Å². The van der Waals surface area contributed by atoms with Crippen molar-refractivity contribution in [2.75, 3.05) is 19.7 Å². The van der Waals surface area contributed by atoms with Crippen LogP contribution in [0.5, 0.6) is 0 Å². The van der Waals surface area contributed by atoms with Gasteiger partial charge in [0, 0.05) is 11.6 Å². The molecule has 0 fully saturated rings. The maximum atomic E-state index is 11.6. The van der Waals surface area contributed by atoms with Crippen molar-refractivity contribution in [2.24, 2.45) is 0 Å². The van der Waals surface area contributed by atoms with Crippen molar-refractivity contribution in [3.63, 3.8) is 0 Å². The highest BCUT2D eigenvalue weighted by molar-refractivity contribution is 7.12. The number of benzene rings is 1. The van der Waals surface area contributed by atoms with Crippen molar-refractivity contribution in [3.8, 4) is 0 Å². The van der Waals surface area contributed by atoms with Gasteiger partial charge < -0.3 is 15.4 Å². The van der Waals surface area contributed by atoms with Gasteiger partial charge in [-0.2, -0.15) is 0 Å². The van der Waals surface area contributed by atoms with E-state index in [0.29, 0.717) is 22.9 Å². The van der Waals surface area contributed by atoms with Crippen LogP contribution in [0.4, 0.5) is 0 Å². The van der Waals surface area contributed by atoms with Crippen molar-refractivity contribution in [1.82, 2.24) is 10.6 Å². The van der Waals surface area contributed by atoms with E-state index in [1.54, 1.807) is 29.6 Å². The minimum Gasteiger partial charge on any atom is -0.454 e. The Balaban J connectivity index is 1.58. The van der Waals surface area contributed by atoms with E-state index in [1.165, 1.54) is 11.3 Å². The first-order valence-corrected chi connectivity index (χ1v) is 8.79. The fourth-order valence-electron chi connectivity index (χ4n) is 1.89. The average Bonchev–Trinajstić information content (AvgIpc) is 3.14. The topological polar surface area (TPSA) is 84.5 Å². The smallest absolute Gasteiger partial charge is 0.325 e. The number of esters is 1. The second-order valence-electron chi connectivity index (χ2n) is 5.05. The Morgan fingerprint density at radius 1 is 1.08 bits per heavy atom. The Labute approximate surface area is 154 Å². The summed E-state index contributed by atoms with van der Waals surface area (Å²) >= 11 is 7.07. The van der Waals surface area contributed by atoms with Gasteiger partial charge in [0.25, 0.3) is 11.8 Å². The molecule has 0 aliphatic carbocycles. The van der Waals surface area contributed by atoms with Gasteiger partial charge in [-0.3, -0.25) is 14.4 Å². The summed E-state index contributed by atoms with van der Waals surface area (Å²) in [6.07, 6.45) is 0.647. The average molecular weight is 381 g/mol. The number of hydrogen-bond donors (Lipinski definition) is 2. The Morgan fingerprint density at radius 2 is 1.84 bits per heavy atom. The number of carbonyl (C=O) groups is 3. The quantitative estimate of drug-likeness (QED) is 0.686. The first-order valence-electron chi connectivity index (χ1n) is 7.53. The summed E-state index contributed by atoms with van der Waals surface area (Å²) < 4.78 is 4.81. The van der Waals surface area contributed by atoms with E-state index < -0.39 is 11.9 Å². The molecule has 0 atom stereocenters. The lowest BCUT2D eigenvalue weighted by atomic mass is 10.1. The summed E-state index contributed by atoms with van der Waals surface area (Å²) in [5, 5.41) is 7.51. The van der Waals surface area contributed by atoms with Crippen LogP contribution in [0.25, 0.3) is 0 Å². The number of ether oxygens (including phenoxy) is 1. The van der Waals surface area contributed by atoms with Crippen LogP contribution >= 0.6 is 22.9 Å². The molecule has 2 aromatic rings. The van der Waals surface area contributed by atoms with Crippen LogP contribution in [0.15, 0.2) is 41.8 Å². The molecule has 0 unspecified atom stereocenters. The molecular weight excluding hydrogens is 364 g/mol. The third kappa shape index (κ3) is 6.94. The van der Waals surface area contributed by atoms with Crippen LogP contribution in [0, 0.1) is 0 Å². The van der Waals surface area contributed by atoms with Gasteiger partial charge in [-0.15, -0.1) is 11.3 Å². The number of halogens is 1. The molecule has 2 rings (SSSR count). The first-order chi connectivity index (χ1) is 12.0. The van der Waals surface area contributed by atoms with E-state index in [0.717, 1.165) is 5.56 Å². The highest BCUT2D eigenvalue weighted by atomic mass is 35.5. The number of hydrogen-bond acceptors (Lipinski definition) is 5. The predicted molar refractivity (Wildman–Crippen MR) is 95.8 cm³/mol. The van der Waals surface area contributed by atoms with Crippen LogP contribution in [0.1, 0.15) is 15.2 Å². The first kappa shape index (κ1) is 19.0. The Bertz CT molecular complexity index is 717. The lowest BCUT2D eigenvalue weighted by molar-refractivity contribution is -0.147. The fourth-order valence-corrected chi connectivity index (χ4v) is 2.66. The van der Waals surface area contributed by atoms with Crippen molar-refractivity contribution in [2.45, 2.75) is 6.42 Å². The SMILES string of the molecule is O=C(COC(=O)CNC(=O)c1cccs1)NCCc1ccc(Cl)cc1. The van der Waals surface area contributed by atoms with Crippen LogP contribution in [0.3, 0.4) is 0 Å². The van der Waals surface area contributed by atoms with Gasteiger partial charge in [0.15, 0.2) is 6.61 Å². The van der Waals surface area contributed by atoms with Crippen LogP contribution in [-0.4, -0.2) is 37.5 Å². The Kier molecular flexibility index (Phi) is 7.43. The largest absolute Gasteiger partial charge is 0.454 e. The zero-order valence-electron chi connectivity index (χ0n) is 13.3. The highest BCUT2D eigenvalue weighted by Gasteiger charge is 2.11. The van der Waals surface area contributed by atoms with Crippen molar-refractivity contribution < 1.29 is 19.1 Å². The van der Waals surface area contributed by atoms with Gasteiger partial charge in [-0.1, -0.05) is 29.8 Å². The summed E-state index contributed by atoms with van der Waals surface area (Å²) in [4.78, 5) is 35.3. The lowest BCUT2D eigenvalue weighted by Crippen LogP contribution is -2.34. The van der Waals surface area contributed by atoms with Gasteiger partial charge >= 0.3 is 5.97 Å². The van der Waals surface area contributed by atoms with Crippen molar-refractivity contribution in [1.29, 1.82) is 0 Å². The van der Waals surface area contributed by atoms with E-state index >= 15 is 0 Å². The molecule has 2 amide bonds. The van der Waals surface area contributed by atoms with Gasteiger partial charge in [0.05, 0.1) is 4.88 Å². The molecule has 0 bridgehead atoms. The number of carbonyl (C=O) groups excluding carboxylic acids is 3. The highest BCUT2D eigenvalue weighted by Crippen LogP contribution is 2.09. The molecule has 0 aliphatic rings. The van der Waals surface area contributed by atoms with Crippen LogP contribution in [-0.2, 0) is 20.7 Å². The third-order valence-corrected chi connectivity index (χ3v) is 4.27. The molecule has 1 aromatic carbocycles. The zero-order chi connectivity index (χ0) is 18.1. The summed E-state index contributed by atoms with van der Waals surface area (Å²) in [6.45, 7) is -0.240. The molecule has 6 nitrogen and oxygen atoms in total. The summed E-state index contributed by atoms with van der Waals surface area (Å²) in [5.41, 5.74) is 1.04. The molecular formula is C17H17ClN2O4S. The van der Waals surface area contributed by atoms with Crippen molar-refractivity contribution in [3.05, 3.63) is 57.2 Å². The van der Waals surface area contributed by atoms with Crippen LogP contribution < -0.4 is 10.6 Å². The second-order valence-corrected chi connectivity index (χ2v) is 6.43. The molecule has 1 heterocycles. The van der Waals surface area contributed by atoms with Gasteiger partial charge in [0.2, 0.25) is 0 Å². The molecule has 2 N–H and O–H groups in total. The van der Waals surface area contributed by atoms with Gasteiger partial charge in [-0.05, 0) is 35.6 Å². The minimum absolute atomic E-state index is 0.283. The fraction of sp³-hybridized carbons (Fsp3) is 0.235. The van der Waals surface area contributed by atoms with Gasteiger partial charge in [-0.25, -0.2) is 0 Å². The summed E-state index contributed by atoms with van der Waals surface area (Å²) in [5.74, 6) is -1.41. The summed E-state index contributed by atoms with van der Waals surface area (Å²) in [6, 6.07) is 10.7. The van der Waals surface area contributed by atoms with E-state index in [-0.39, 0.29) is 19.1 Å². The number of amides is 2. The summed E-state index contributed by atoms with van der Waals surface area (Å²) in [7, 11) is 0. The van der Waals surface area contributed by atoms with E-state index in [1.807, 2.05) is 12.1 Å². The van der Waals surface area contributed by atoms with Crippen molar-refractivity contribution >= 4 is 40.7 Å². The lowest BCUT2D eigenvalue weighted by Gasteiger charge is -2.07. The van der Waals surface area contributed by atoms with E-state index in [2.05, 4.69) is 10.6 Å². The molecule has 0 saturated heterocycles. The maximum absolute atomic E-state index is 11.6. The third-order valence-electron chi connectivity index (χ3n) is 3.15. The zero-order valence-corrected chi connectivity index (χ0v) is 14.9. The van der Waals surface area contributed by atoms with E-state index in [4.69, 9.17) is 16.3 Å². The molecule has 1 aromatic heterocycles. The molecule has 8 heteroatoms. The molecule has 132 valence electrons. The molecule has 0 radical (unpaired) electrons. The number of rotatable bonds is 8.